The number of amides is 1. The number of carbonyl (C=O) groups is 1. The largest absolute Gasteiger partial charge is 0.482 e. The molecule has 0 spiro atoms. The number of anilines is 1. The number of rotatable bonds is 3. The van der Waals surface area contributed by atoms with E-state index in [1.807, 2.05) is 25.1 Å². The van der Waals surface area contributed by atoms with Gasteiger partial charge in [-0.2, -0.15) is 0 Å². The molecule has 2 atom stereocenters. The zero-order valence-corrected chi connectivity index (χ0v) is 18.2. The zero-order valence-electron chi connectivity index (χ0n) is 17.5. The smallest absolute Gasteiger partial charge is 0.225 e. The lowest BCUT2D eigenvalue weighted by atomic mass is 9.97. The first-order chi connectivity index (χ1) is 16.0. The predicted molar refractivity (Wildman–Crippen MR) is 121 cm³/mol. The molecule has 1 amide bonds. The molecule has 2 N–H and O–H groups in total. The van der Waals surface area contributed by atoms with Gasteiger partial charge in [-0.25, -0.2) is 14.4 Å². The molecule has 4 aromatic rings. The third kappa shape index (κ3) is 3.38. The van der Waals surface area contributed by atoms with Gasteiger partial charge in [0.25, 0.3) is 0 Å². The van der Waals surface area contributed by atoms with Crippen LogP contribution in [-0.4, -0.2) is 20.9 Å². The fourth-order valence-corrected chi connectivity index (χ4v) is 4.54. The molecule has 0 radical (unpaired) electrons. The van der Waals surface area contributed by atoms with E-state index in [4.69, 9.17) is 21.1 Å². The highest BCUT2D eigenvalue weighted by atomic mass is 35.5. The number of halogens is 2. The Kier molecular flexibility index (Phi) is 4.51. The number of pyridine rings is 1. The predicted octanol–water partition coefficient (Wildman–Crippen LogP) is 5.66. The summed E-state index contributed by atoms with van der Waals surface area (Å²) in [5.74, 6) is 2.66. The first kappa shape index (κ1) is 20.0. The fourth-order valence-electron chi connectivity index (χ4n) is 4.39. The van der Waals surface area contributed by atoms with E-state index in [0.29, 0.717) is 47.0 Å². The number of benzene rings is 2. The van der Waals surface area contributed by atoms with E-state index in [0.717, 1.165) is 16.9 Å². The summed E-state index contributed by atoms with van der Waals surface area (Å²) in [5, 5.41) is 2.82. The highest BCUT2D eigenvalue weighted by Gasteiger charge is 2.35. The van der Waals surface area contributed by atoms with E-state index in [1.165, 1.54) is 12.1 Å². The molecule has 0 saturated heterocycles. The average Bonchev–Trinajstić information content (AvgIpc) is 3.34. The number of hydrogen-bond acceptors (Lipinski definition) is 5. The molecular weight excluding hydrogens is 447 g/mol. The third-order valence-electron chi connectivity index (χ3n) is 6.09. The zero-order chi connectivity index (χ0) is 22.7. The second-order valence-electron chi connectivity index (χ2n) is 8.22. The standard InChI is InChI=1S/C24H18ClFN4O3/c1-11-14-8-12(32-20-6-7-27-23-13(20)3-5-21(31)30-23)2-4-19(14)33-22(11)24-28-17-9-15(25)16(26)10-18(17)29-24/h2,4,6-11,22H,3,5H2,1H3,(H,28,29)(H,27,30,31). The van der Waals surface area contributed by atoms with Gasteiger partial charge in [0.15, 0.2) is 6.10 Å². The van der Waals surface area contributed by atoms with Crippen LogP contribution in [0.2, 0.25) is 5.02 Å². The van der Waals surface area contributed by atoms with Crippen LogP contribution in [0.5, 0.6) is 17.2 Å². The molecule has 4 heterocycles. The lowest BCUT2D eigenvalue weighted by Gasteiger charge is -2.19. The number of imidazole rings is 1. The Morgan fingerprint density at radius 3 is 2.97 bits per heavy atom. The molecule has 33 heavy (non-hydrogen) atoms. The number of aromatic amines is 1. The van der Waals surface area contributed by atoms with Crippen LogP contribution >= 0.6 is 11.6 Å². The van der Waals surface area contributed by atoms with E-state index in [-0.39, 0.29) is 23.0 Å². The molecule has 6 rings (SSSR count). The van der Waals surface area contributed by atoms with Crippen molar-refractivity contribution < 1.29 is 18.7 Å². The van der Waals surface area contributed by atoms with Gasteiger partial charge in [0.05, 0.1) is 16.1 Å². The van der Waals surface area contributed by atoms with Crippen LogP contribution in [0.15, 0.2) is 42.6 Å². The normalized spacial score (nSPS) is 19.1. The Labute approximate surface area is 192 Å². The van der Waals surface area contributed by atoms with Gasteiger partial charge < -0.3 is 19.8 Å². The van der Waals surface area contributed by atoms with Gasteiger partial charge in [-0.15, -0.1) is 0 Å². The van der Waals surface area contributed by atoms with E-state index < -0.39 is 5.82 Å². The van der Waals surface area contributed by atoms with Crippen molar-refractivity contribution in [1.82, 2.24) is 15.0 Å². The summed E-state index contributed by atoms with van der Waals surface area (Å²) < 4.78 is 26.2. The molecule has 0 fully saturated rings. The summed E-state index contributed by atoms with van der Waals surface area (Å²) in [4.78, 5) is 23.6. The fraction of sp³-hybridized carbons (Fsp3) is 0.208. The number of aromatic nitrogens is 3. The number of hydrogen-bond donors (Lipinski definition) is 2. The highest BCUT2D eigenvalue weighted by molar-refractivity contribution is 6.31. The third-order valence-corrected chi connectivity index (χ3v) is 6.38. The van der Waals surface area contributed by atoms with Crippen molar-refractivity contribution in [2.75, 3.05) is 5.32 Å². The topological polar surface area (TPSA) is 89.1 Å². The Morgan fingerprint density at radius 1 is 1.21 bits per heavy atom. The van der Waals surface area contributed by atoms with Crippen molar-refractivity contribution in [2.45, 2.75) is 31.8 Å². The van der Waals surface area contributed by atoms with Crippen LogP contribution in [0.4, 0.5) is 10.2 Å². The molecule has 9 heteroatoms. The van der Waals surface area contributed by atoms with Gasteiger partial charge in [0, 0.05) is 35.7 Å². The Balaban J connectivity index is 1.29. The average molecular weight is 465 g/mol. The van der Waals surface area contributed by atoms with Crippen molar-refractivity contribution in [3.8, 4) is 17.2 Å². The Hall–Kier alpha value is -3.65. The van der Waals surface area contributed by atoms with E-state index in [9.17, 15) is 9.18 Å². The molecule has 166 valence electrons. The van der Waals surface area contributed by atoms with Crippen LogP contribution < -0.4 is 14.8 Å². The minimum Gasteiger partial charge on any atom is -0.482 e. The summed E-state index contributed by atoms with van der Waals surface area (Å²) in [6.45, 7) is 2.05. The van der Waals surface area contributed by atoms with Gasteiger partial charge in [-0.3, -0.25) is 4.79 Å². The summed E-state index contributed by atoms with van der Waals surface area (Å²) in [6.07, 6.45) is 2.24. The molecule has 2 aromatic carbocycles. The minimum atomic E-state index is -0.498. The monoisotopic (exact) mass is 464 g/mol. The first-order valence-electron chi connectivity index (χ1n) is 10.6. The van der Waals surface area contributed by atoms with Crippen LogP contribution in [0, 0.1) is 5.82 Å². The molecule has 2 aromatic heterocycles. The van der Waals surface area contributed by atoms with Crippen LogP contribution in [0.1, 0.15) is 42.3 Å². The van der Waals surface area contributed by atoms with Crippen molar-refractivity contribution in [3.63, 3.8) is 0 Å². The van der Waals surface area contributed by atoms with Crippen molar-refractivity contribution >= 4 is 34.4 Å². The molecule has 2 aliphatic heterocycles. The molecule has 7 nitrogen and oxygen atoms in total. The number of carbonyl (C=O) groups excluding carboxylic acids is 1. The van der Waals surface area contributed by atoms with Crippen molar-refractivity contribution in [2.24, 2.45) is 0 Å². The van der Waals surface area contributed by atoms with Gasteiger partial charge in [0.1, 0.15) is 34.7 Å². The maximum atomic E-state index is 13.8. The van der Waals surface area contributed by atoms with Crippen LogP contribution in [0.25, 0.3) is 11.0 Å². The molecular formula is C24H18ClFN4O3. The van der Waals surface area contributed by atoms with Crippen molar-refractivity contribution in [1.29, 1.82) is 0 Å². The van der Waals surface area contributed by atoms with Crippen molar-refractivity contribution in [3.05, 3.63) is 70.4 Å². The quantitative estimate of drug-likeness (QED) is 0.408. The number of H-pyrrole nitrogens is 1. The van der Waals surface area contributed by atoms with Gasteiger partial charge in [-0.05, 0) is 36.8 Å². The molecule has 0 saturated carbocycles. The SMILES string of the molecule is CC1c2cc(Oc3ccnc4c3CCC(=O)N4)ccc2OC1c1nc2cc(Cl)c(F)cc2[nH]1. The maximum Gasteiger partial charge on any atom is 0.225 e. The second-order valence-corrected chi connectivity index (χ2v) is 8.63. The summed E-state index contributed by atoms with van der Waals surface area (Å²) in [5.41, 5.74) is 3.02. The molecule has 0 bridgehead atoms. The number of nitrogens with one attached hydrogen (secondary N) is 2. The minimum absolute atomic E-state index is 0.0184. The Morgan fingerprint density at radius 2 is 2.09 bits per heavy atom. The highest BCUT2D eigenvalue weighted by Crippen LogP contribution is 2.47. The van der Waals surface area contributed by atoms with Gasteiger partial charge >= 0.3 is 0 Å². The van der Waals surface area contributed by atoms with E-state index >= 15 is 0 Å². The molecule has 0 aliphatic carbocycles. The molecule has 2 aliphatic rings. The van der Waals surface area contributed by atoms with Crippen LogP contribution in [0.3, 0.4) is 0 Å². The summed E-state index contributed by atoms with van der Waals surface area (Å²) in [7, 11) is 0. The first-order valence-corrected chi connectivity index (χ1v) is 10.9. The number of nitrogens with zero attached hydrogens (tertiary/aromatic N) is 2. The number of ether oxygens (including phenoxy) is 2. The number of fused-ring (bicyclic) bond motifs is 3. The summed E-state index contributed by atoms with van der Waals surface area (Å²) >= 11 is 5.90. The lowest BCUT2D eigenvalue weighted by Crippen LogP contribution is -2.20. The van der Waals surface area contributed by atoms with Gasteiger partial charge in [-0.1, -0.05) is 18.5 Å². The van der Waals surface area contributed by atoms with Gasteiger partial charge in [0.2, 0.25) is 5.91 Å². The Bertz CT molecular complexity index is 1400. The maximum absolute atomic E-state index is 13.8. The lowest BCUT2D eigenvalue weighted by molar-refractivity contribution is -0.116. The van der Waals surface area contributed by atoms with E-state index in [2.05, 4.69) is 20.3 Å². The molecule has 2 unspecified atom stereocenters. The van der Waals surface area contributed by atoms with Crippen LogP contribution in [-0.2, 0) is 11.2 Å². The second kappa shape index (κ2) is 7.45. The summed E-state index contributed by atoms with van der Waals surface area (Å²) in [6, 6.07) is 10.3. The van der Waals surface area contributed by atoms with E-state index in [1.54, 1.807) is 12.3 Å².